The van der Waals surface area contributed by atoms with Crippen LogP contribution in [0.5, 0.6) is 0 Å². The second-order valence-electron chi connectivity index (χ2n) is 4.58. The molecule has 0 bridgehead atoms. The highest BCUT2D eigenvalue weighted by molar-refractivity contribution is 14.1. The van der Waals surface area contributed by atoms with E-state index in [9.17, 15) is 4.79 Å². The molecule has 1 unspecified atom stereocenters. The second-order valence-corrected chi connectivity index (χ2v) is 9.03. The van der Waals surface area contributed by atoms with Crippen LogP contribution in [-0.2, 0) is 0 Å². The number of hydrogen-bond donors (Lipinski definition) is 2. The van der Waals surface area contributed by atoms with Crippen LogP contribution >= 0.6 is 73.3 Å². The summed E-state index contributed by atoms with van der Waals surface area (Å²) >= 11 is 23.4. The Morgan fingerprint density at radius 1 is 1.09 bits per heavy atom. The topological polar surface area (TPSA) is 41.1 Å². The van der Waals surface area contributed by atoms with Crippen molar-refractivity contribution in [3.63, 3.8) is 0 Å². The summed E-state index contributed by atoms with van der Waals surface area (Å²) in [4.78, 5) is 12.4. The predicted molar refractivity (Wildman–Crippen MR) is 108 cm³/mol. The van der Waals surface area contributed by atoms with Crippen LogP contribution in [0.3, 0.4) is 0 Å². The summed E-state index contributed by atoms with van der Waals surface area (Å²) in [6.45, 7) is 0. The van der Waals surface area contributed by atoms with E-state index in [4.69, 9.17) is 34.8 Å². The first-order valence-corrected chi connectivity index (χ1v) is 9.42. The number of amides is 1. The number of carbonyl (C=O) groups is 1. The Labute approximate surface area is 171 Å². The van der Waals surface area contributed by atoms with Gasteiger partial charge in [0.2, 0.25) is 3.79 Å². The summed E-state index contributed by atoms with van der Waals surface area (Å²) < 4.78 is 0.0221. The van der Waals surface area contributed by atoms with Gasteiger partial charge >= 0.3 is 0 Å². The summed E-state index contributed by atoms with van der Waals surface area (Å²) in [7, 11) is 0. The largest absolute Gasteiger partial charge is 0.362 e. The molecular weight excluding hydrogens is 537 g/mol. The standard InChI is InChI=1S/C15H11BrCl3IN2O/c16-9-5-7-10(8-6-9)21-14(15(17,18)19)22-13(23)11-3-1-2-4-12(11)20/h1-8,14,21H,(H,22,23). The maximum Gasteiger partial charge on any atom is 0.254 e. The third-order valence-corrected chi connectivity index (χ3v) is 5.00. The quantitative estimate of drug-likeness (QED) is 0.297. The van der Waals surface area contributed by atoms with Crippen molar-refractivity contribution in [3.05, 3.63) is 62.1 Å². The second kappa shape index (κ2) is 8.25. The van der Waals surface area contributed by atoms with Crippen LogP contribution < -0.4 is 10.6 Å². The molecule has 2 aromatic carbocycles. The molecule has 0 spiro atoms. The number of carbonyl (C=O) groups excluding carboxylic acids is 1. The van der Waals surface area contributed by atoms with Crippen molar-refractivity contribution < 1.29 is 4.79 Å². The van der Waals surface area contributed by atoms with Crippen molar-refractivity contribution in [2.24, 2.45) is 0 Å². The molecule has 0 saturated carbocycles. The van der Waals surface area contributed by atoms with Crippen molar-refractivity contribution in [2.75, 3.05) is 5.32 Å². The van der Waals surface area contributed by atoms with Gasteiger partial charge in [-0.1, -0.05) is 62.9 Å². The SMILES string of the molecule is O=C(NC(Nc1ccc(Br)cc1)C(Cl)(Cl)Cl)c1ccccc1I. The van der Waals surface area contributed by atoms with Gasteiger partial charge in [0.05, 0.1) is 5.56 Å². The van der Waals surface area contributed by atoms with E-state index < -0.39 is 9.96 Å². The summed E-state index contributed by atoms with van der Waals surface area (Å²) in [5, 5.41) is 5.73. The van der Waals surface area contributed by atoms with Gasteiger partial charge in [-0.05, 0) is 59.0 Å². The molecule has 0 heterocycles. The zero-order valence-corrected chi connectivity index (χ0v) is 17.5. The third kappa shape index (κ3) is 5.67. The monoisotopic (exact) mass is 546 g/mol. The minimum atomic E-state index is -1.72. The lowest BCUT2D eigenvalue weighted by atomic mass is 10.2. The van der Waals surface area contributed by atoms with E-state index in [1.807, 2.05) is 36.4 Å². The Kier molecular flexibility index (Phi) is 6.86. The molecule has 0 aromatic heterocycles. The molecule has 0 saturated heterocycles. The molecular formula is C15H11BrCl3IN2O. The van der Waals surface area contributed by atoms with Gasteiger partial charge < -0.3 is 10.6 Å². The predicted octanol–water partition coefficient (Wildman–Crippen LogP) is 5.59. The van der Waals surface area contributed by atoms with Crippen molar-refractivity contribution in [2.45, 2.75) is 9.96 Å². The highest BCUT2D eigenvalue weighted by atomic mass is 127. The van der Waals surface area contributed by atoms with Gasteiger partial charge in [0.15, 0.2) is 0 Å². The van der Waals surface area contributed by atoms with E-state index in [0.29, 0.717) is 11.3 Å². The van der Waals surface area contributed by atoms with Gasteiger partial charge in [-0.2, -0.15) is 0 Å². The summed E-state index contributed by atoms with van der Waals surface area (Å²) in [6, 6.07) is 14.5. The zero-order chi connectivity index (χ0) is 17.0. The van der Waals surface area contributed by atoms with Crippen LogP contribution in [0.2, 0.25) is 0 Å². The molecule has 2 rings (SSSR count). The molecule has 2 aromatic rings. The molecule has 1 amide bonds. The molecule has 0 radical (unpaired) electrons. The van der Waals surface area contributed by atoms with E-state index in [-0.39, 0.29) is 5.91 Å². The van der Waals surface area contributed by atoms with Crippen molar-refractivity contribution in [1.29, 1.82) is 0 Å². The van der Waals surface area contributed by atoms with Gasteiger partial charge in [-0.15, -0.1) is 0 Å². The molecule has 0 aliphatic heterocycles. The Balaban J connectivity index is 2.18. The fraction of sp³-hybridized carbons (Fsp3) is 0.133. The molecule has 1 atom stereocenters. The van der Waals surface area contributed by atoms with E-state index in [1.165, 1.54) is 0 Å². The van der Waals surface area contributed by atoms with Gasteiger partial charge in [0.1, 0.15) is 6.17 Å². The van der Waals surface area contributed by atoms with Crippen LogP contribution in [0.1, 0.15) is 10.4 Å². The molecule has 23 heavy (non-hydrogen) atoms. The molecule has 8 heteroatoms. The molecule has 0 fully saturated rings. The minimum Gasteiger partial charge on any atom is -0.362 e. The number of alkyl halides is 3. The Hall–Kier alpha value is -0.210. The Morgan fingerprint density at radius 3 is 2.26 bits per heavy atom. The number of anilines is 1. The maximum absolute atomic E-state index is 12.4. The fourth-order valence-corrected chi connectivity index (χ4v) is 2.99. The Bertz CT molecular complexity index is 692. The lowest BCUT2D eigenvalue weighted by Gasteiger charge is -2.27. The molecule has 0 aliphatic carbocycles. The third-order valence-electron chi connectivity index (χ3n) is 2.88. The van der Waals surface area contributed by atoms with E-state index in [0.717, 1.165) is 8.04 Å². The maximum atomic E-state index is 12.4. The first kappa shape index (κ1) is 19.1. The van der Waals surface area contributed by atoms with E-state index in [1.54, 1.807) is 12.1 Å². The smallest absolute Gasteiger partial charge is 0.254 e. The van der Waals surface area contributed by atoms with Crippen molar-refractivity contribution in [1.82, 2.24) is 5.32 Å². The molecule has 122 valence electrons. The first-order valence-electron chi connectivity index (χ1n) is 6.41. The van der Waals surface area contributed by atoms with Gasteiger partial charge in [-0.3, -0.25) is 4.79 Å². The molecule has 3 nitrogen and oxygen atoms in total. The number of hydrogen-bond acceptors (Lipinski definition) is 2. The van der Waals surface area contributed by atoms with Crippen molar-refractivity contribution in [3.8, 4) is 0 Å². The zero-order valence-electron chi connectivity index (χ0n) is 11.5. The normalized spacial score (nSPS) is 12.6. The summed E-state index contributed by atoms with van der Waals surface area (Å²) in [5.74, 6) is -0.323. The number of halogens is 5. The number of nitrogens with one attached hydrogen (secondary N) is 2. The lowest BCUT2D eigenvalue weighted by Crippen LogP contribution is -2.49. The van der Waals surface area contributed by atoms with E-state index >= 15 is 0 Å². The first-order chi connectivity index (χ1) is 10.8. The van der Waals surface area contributed by atoms with Crippen LogP contribution in [0, 0.1) is 3.57 Å². The highest BCUT2D eigenvalue weighted by Gasteiger charge is 2.34. The average molecular weight is 548 g/mol. The van der Waals surface area contributed by atoms with Gasteiger partial charge in [0.25, 0.3) is 5.91 Å². The van der Waals surface area contributed by atoms with E-state index in [2.05, 4.69) is 49.2 Å². The van der Waals surface area contributed by atoms with Crippen LogP contribution in [-0.4, -0.2) is 15.9 Å². The van der Waals surface area contributed by atoms with Crippen LogP contribution in [0.25, 0.3) is 0 Å². The number of rotatable bonds is 4. The van der Waals surface area contributed by atoms with Crippen LogP contribution in [0.4, 0.5) is 5.69 Å². The number of benzene rings is 2. The minimum absolute atomic E-state index is 0.323. The fourth-order valence-electron chi connectivity index (χ4n) is 1.77. The van der Waals surface area contributed by atoms with Crippen LogP contribution in [0.15, 0.2) is 53.0 Å². The van der Waals surface area contributed by atoms with Crippen molar-refractivity contribution >= 4 is 84.9 Å². The van der Waals surface area contributed by atoms with Gasteiger partial charge in [-0.25, -0.2) is 0 Å². The molecule has 2 N–H and O–H groups in total. The highest BCUT2D eigenvalue weighted by Crippen LogP contribution is 2.31. The van der Waals surface area contributed by atoms with Gasteiger partial charge in [0, 0.05) is 13.7 Å². The summed E-state index contributed by atoms with van der Waals surface area (Å²) in [6.07, 6.45) is -0.891. The Morgan fingerprint density at radius 2 is 1.70 bits per heavy atom. The lowest BCUT2D eigenvalue weighted by molar-refractivity contribution is 0.0941. The summed E-state index contributed by atoms with van der Waals surface area (Å²) in [5.41, 5.74) is 1.23. The average Bonchev–Trinajstić information content (AvgIpc) is 2.48. The molecule has 0 aliphatic rings.